The first kappa shape index (κ1) is 13.4. The van der Waals surface area contributed by atoms with E-state index in [0.717, 1.165) is 12.8 Å². The molecule has 0 spiro atoms. The minimum atomic E-state index is -0.809. The number of hydrogen-bond acceptors (Lipinski definition) is 2. The Morgan fingerprint density at radius 3 is 2.36 bits per heavy atom. The Bertz CT molecular complexity index is 184. The molecule has 0 fully saturated rings. The maximum atomic E-state index is 11.7. The Hall–Kier alpha value is -0.570. The van der Waals surface area contributed by atoms with Crippen molar-refractivity contribution >= 4 is 5.91 Å². The first-order valence-electron chi connectivity index (χ1n) is 5.25. The second-order valence-electron chi connectivity index (χ2n) is 4.70. The van der Waals surface area contributed by atoms with Crippen LogP contribution in [0.5, 0.6) is 0 Å². The normalized spacial score (nSPS) is 13.9. The van der Waals surface area contributed by atoms with E-state index in [1.165, 1.54) is 0 Å². The fourth-order valence-electron chi connectivity index (χ4n) is 1.59. The van der Waals surface area contributed by atoms with Crippen LogP contribution in [0.15, 0.2) is 0 Å². The van der Waals surface area contributed by atoms with Gasteiger partial charge in [-0.3, -0.25) is 4.79 Å². The molecule has 1 atom stereocenters. The van der Waals surface area contributed by atoms with Crippen LogP contribution in [0.1, 0.15) is 40.5 Å². The van der Waals surface area contributed by atoms with Crippen molar-refractivity contribution < 1.29 is 9.90 Å². The summed E-state index contributed by atoms with van der Waals surface area (Å²) in [6.45, 7) is 7.81. The molecule has 0 saturated carbocycles. The number of carbonyl (C=O) groups is 1. The average Bonchev–Trinajstić information content (AvgIpc) is 2.00. The van der Waals surface area contributed by atoms with Crippen LogP contribution in [0.2, 0.25) is 0 Å². The molecule has 0 aliphatic heterocycles. The van der Waals surface area contributed by atoms with Gasteiger partial charge in [-0.05, 0) is 20.3 Å². The van der Waals surface area contributed by atoms with Gasteiger partial charge in [-0.2, -0.15) is 0 Å². The van der Waals surface area contributed by atoms with E-state index in [9.17, 15) is 9.90 Å². The third kappa shape index (κ3) is 5.22. The van der Waals surface area contributed by atoms with Crippen LogP contribution in [0.4, 0.5) is 0 Å². The summed E-state index contributed by atoms with van der Waals surface area (Å²) >= 11 is 0. The number of rotatable bonds is 5. The van der Waals surface area contributed by atoms with E-state index in [2.05, 4.69) is 6.92 Å². The highest BCUT2D eigenvalue weighted by Gasteiger charge is 2.22. The van der Waals surface area contributed by atoms with Gasteiger partial charge in [0.05, 0.1) is 5.60 Å². The molecule has 0 aromatic heterocycles. The zero-order valence-corrected chi connectivity index (χ0v) is 10.0. The lowest BCUT2D eigenvalue weighted by Gasteiger charge is -2.27. The number of carbonyl (C=O) groups excluding carboxylic acids is 1. The third-order valence-corrected chi connectivity index (χ3v) is 2.14. The topological polar surface area (TPSA) is 40.5 Å². The van der Waals surface area contributed by atoms with Crippen LogP contribution in [-0.4, -0.2) is 35.1 Å². The second-order valence-corrected chi connectivity index (χ2v) is 4.70. The Kier molecular flexibility index (Phi) is 5.13. The van der Waals surface area contributed by atoms with Gasteiger partial charge in [-0.15, -0.1) is 0 Å². The molecule has 3 heteroatoms. The van der Waals surface area contributed by atoms with Crippen LogP contribution in [0, 0.1) is 5.92 Å². The lowest BCUT2D eigenvalue weighted by molar-refractivity contribution is -0.136. The summed E-state index contributed by atoms with van der Waals surface area (Å²) in [5.74, 6) is 0.182. The summed E-state index contributed by atoms with van der Waals surface area (Å²) < 4.78 is 0. The number of hydrogen-bond donors (Lipinski definition) is 1. The number of aliphatic hydroxyl groups is 1. The maximum absolute atomic E-state index is 11.7. The lowest BCUT2D eigenvalue weighted by atomic mass is 10.0. The molecule has 3 nitrogen and oxygen atoms in total. The quantitative estimate of drug-likeness (QED) is 0.734. The predicted octanol–water partition coefficient (Wildman–Crippen LogP) is 1.65. The van der Waals surface area contributed by atoms with Gasteiger partial charge in [-0.1, -0.05) is 20.3 Å². The van der Waals surface area contributed by atoms with Gasteiger partial charge < -0.3 is 10.0 Å². The summed E-state index contributed by atoms with van der Waals surface area (Å²) in [6.07, 6.45) is 1.93. The predicted molar refractivity (Wildman–Crippen MR) is 58.0 cm³/mol. The fourth-order valence-corrected chi connectivity index (χ4v) is 1.59. The molecule has 0 bridgehead atoms. The van der Waals surface area contributed by atoms with Gasteiger partial charge in [-0.25, -0.2) is 0 Å². The van der Waals surface area contributed by atoms with Gasteiger partial charge in [0.1, 0.15) is 0 Å². The monoisotopic (exact) mass is 201 g/mol. The van der Waals surface area contributed by atoms with E-state index >= 15 is 0 Å². The van der Waals surface area contributed by atoms with Crippen molar-refractivity contribution in [3.05, 3.63) is 0 Å². The van der Waals surface area contributed by atoms with Crippen molar-refractivity contribution in [2.24, 2.45) is 5.92 Å². The number of amides is 1. The molecule has 0 aromatic carbocycles. The Morgan fingerprint density at radius 2 is 2.00 bits per heavy atom. The minimum Gasteiger partial charge on any atom is -0.389 e. The van der Waals surface area contributed by atoms with Crippen molar-refractivity contribution in [2.75, 3.05) is 13.6 Å². The first-order valence-corrected chi connectivity index (χ1v) is 5.25. The summed E-state index contributed by atoms with van der Waals surface area (Å²) in [5, 5.41) is 9.55. The van der Waals surface area contributed by atoms with Crippen molar-refractivity contribution in [2.45, 2.75) is 46.1 Å². The van der Waals surface area contributed by atoms with Gasteiger partial charge in [0.25, 0.3) is 0 Å². The lowest BCUT2D eigenvalue weighted by Crippen LogP contribution is -2.41. The van der Waals surface area contributed by atoms with Gasteiger partial charge >= 0.3 is 0 Å². The first-order chi connectivity index (χ1) is 6.28. The smallest absolute Gasteiger partial charge is 0.225 e. The van der Waals surface area contributed by atoms with Crippen molar-refractivity contribution in [3.63, 3.8) is 0 Å². The van der Waals surface area contributed by atoms with Crippen molar-refractivity contribution in [1.82, 2.24) is 4.90 Å². The highest BCUT2D eigenvalue weighted by Crippen LogP contribution is 2.11. The summed E-state index contributed by atoms with van der Waals surface area (Å²) in [5.41, 5.74) is -0.809. The summed E-state index contributed by atoms with van der Waals surface area (Å²) in [7, 11) is 1.74. The molecule has 0 heterocycles. The summed E-state index contributed by atoms with van der Waals surface area (Å²) in [4.78, 5) is 13.3. The number of nitrogens with zero attached hydrogens (tertiary/aromatic N) is 1. The highest BCUT2D eigenvalue weighted by molar-refractivity contribution is 5.78. The van der Waals surface area contributed by atoms with Crippen LogP contribution in [0.25, 0.3) is 0 Å². The molecule has 0 aliphatic rings. The Labute approximate surface area is 87.1 Å². The van der Waals surface area contributed by atoms with Gasteiger partial charge in [0, 0.05) is 19.5 Å². The molecule has 0 aromatic rings. The van der Waals surface area contributed by atoms with Crippen LogP contribution >= 0.6 is 0 Å². The molecule has 14 heavy (non-hydrogen) atoms. The SMILES string of the molecule is CCCC(C)C(=O)N(C)CC(C)(C)O. The van der Waals surface area contributed by atoms with E-state index < -0.39 is 5.60 Å². The van der Waals surface area contributed by atoms with Gasteiger partial charge in [0.15, 0.2) is 0 Å². The standard InChI is InChI=1S/C11H23NO2/c1-6-7-9(2)10(13)12(5)8-11(3,4)14/h9,14H,6-8H2,1-5H3. The molecule has 1 N–H and O–H groups in total. The Morgan fingerprint density at radius 1 is 1.50 bits per heavy atom. The molecular weight excluding hydrogens is 178 g/mol. The van der Waals surface area contributed by atoms with Gasteiger partial charge in [0.2, 0.25) is 5.91 Å². The van der Waals surface area contributed by atoms with E-state index in [1.807, 2.05) is 6.92 Å². The molecular formula is C11H23NO2. The zero-order chi connectivity index (χ0) is 11.4. The molecule has 1 amide bonds. The molecule has 0 rings (SSSR count). The van der Waals surface area contributed by atoms with Crippen molar-refractivity contribution in [3.8, 4) is 0 Å². The minimum absolute atomic E-state index is 0.0624. The van der Waals surface area contributed by atoms with E-state index in [4.69, 9.17) is 0 Å². The zero-order valence-electron chi connectivity index (χ0n) is 10.0. The molecule has 0 aliphatic carbocycles. The molecule has 0 saturated heterocycles. The van der Waals surface area contributed by atoms with Crippen molar-refractivity contribution in [1.29, 1.82) is 0 Å². The van der Waals surface area contributed by atoms with Crippen LogP contribution in [-0.2, 0) is 4.79 Å². The molecule has 1 unspecified atom stereocenters. The third-order valence-electron chi connectivity index (χ3n) is 2.14. The maximum Gasteiger partial charge on any atom is 0.225 e. The average molecular weight is 201 g/mol. The van der Waals surface area contributed by atoms with Crippen LogP contribution < -0.4 is 0 Å². The fraction of sp³-hybridized carbons (Fsp3) is 0.909. The highest BCUT2D eigenvalue weighted by atomic mass is 16.3. The molecule has 0 radical (unpaired) electrons. The van der Waals surface area contributed by atoms with Crippen LogP contribution in [0.3, 0.4) is 0 Å². The largest absolute Gasteiger partial charge is 0.389 e. The van der Waals surface area contributed by atoms with E-state index in [-0.39, 0.29) is 11.8 Å². The van der Waals surface area contributed by atoms with E-state index in [0.29, 0.717) is 6.54 Å². The molecule has 84 valence electrons. The second kappa shape index (κ2) is 5.35. The summed E-state index contributed by atoms with van der Waals surface area (Å²) in [6, 6.07) is 0. The van der Waals surface area contributed by atoms with E-state index in [1.54, 1.807) is 25.8 Å². The number of likely N-dealkylation sites (N-methyl/N-ethyl adjacent to an activating group) is 1. The Balaban J connectivity index is 4.12.